The Balaban J connectivity index is 1.88. The van der Waals surface area contributed by atoms with E-state index in [1.165, 1.54) is 6.07 Å². The second-order valence-corrected chi connectivity index (χ2v) is 6.55. The van der Waals surface area contributed by atoms with Gasteiger partial charge >= 0.3 is 5.97 Å². The lowest BCUT2D eigenvalue weighted by Crippen LogP contribution is -2.42. The molecule has 0 atom stereocenters. The number of hydrogen-bond acceptors (Lipinski definition) is 2. The lowest BCUT2D eigenvalue weighted by molar-refractivity contribution is -0.147. The van der Waals surface area contributed by atoms with Gasteiger partial charge in [-0.2, -0.15) is 0 Å². The summed E-state index contributed by atoms with van der Waals surface area (Å²) < 4.78 is 14.0. The standard InChI is InChI=1S/C14H15FO2S/c15-11-8-9(14(13(16)17)6-1-7-14)2-5-12(11)18-10-3-4-10/h2,5,8,10H,1,3-4,6-7H2,(H,16,17). The highest BCUT2D eigenvalue weighted by atomic mass is 32.2. The Labute approximate surface area is 110 Å². The zero-order chi connectivity index (χ0) is 12.8. The first-order valence-electron chi connectivity index (χ1n) is 6.32. The maximum atomic E-state index is 14.0. The van der Waals surface area contributed by atoms with Crippen molar-refractivity contribution in [3.63, 3.8) is 0 Å². The lowest BCUT2D eigenvalue weighted by Gasteiger charge is -2.38. The first-order valence-corrected chi connectivity index (χ1v) is 7.20. The van der Waals surface area contributed by atoms with Crippen LogP contribution in [0.15, 0.2) is 23.1 Å². The molecule has 1 N–H and O–H groups in total. The molecule has 0 radical (unpaired) electrons. The fraction of sp³-hybridized carbons (Fsp3) is 0.500. The van der Waals surface area contributed by atoms with Crippen LogP contribution in [0.1, 0.15) is 37.7 Å². The van der Waals surface area contributed by atoms with E-state index in [1.54, 1.807) is 23.9 Å². The lowest BCUT2D eigenvalue weighted by atomic mass is 9.64. The monoisotopic (exact) mass is 266 g/mol. The van der Waals surface area contributed by atoms with E-state index in [2.05, 4.69) is 0 Å². The van der Waals surface area contributed by atoms with E-state index < -0.39 is 11.4 Å². The summed E-state index contributed by atoms with van der Waals surface area (Å²) in [7, 11) is 0. The van der Waals surface area contributed by atoms with Crippen molar-refractivity contribution in [2.75, 3.05) is 0 Å². The van der Waals surface area contributed by atoms with Gasteiger partial charge in [0.15, 0.2) is 0 Å². The van der Waals surface area contributed by atoms with Crippen LogP contribution in [-0.2, 0) is 10.2 Å². The summed E-state index contributed by atoms with van der Waals surface area (Å²) in [6.07, 6.45) is 4.47. The van der Waals surface area contributed by atoms with Crippen LogP contribution in [0.3, 0.4) is 0 Å². The van der Waals surface area contributed by atoms with Gasteiger partial charge in [0.05, 0.1) is 5.41 Å². The maximum Gasteiger partial charge on any atom is 0.314 e. The summed E-state index contributed by atoms with van der Waals surface area (Å²) in [4.78, 5) is 12.0. The molecule has 1 aromatic rings. The van der Waals surface area contributed by atoms with E-state index in [0.29, 0.717) is 28.6 Å². The van der Waals surface area contributed by atoms with E-state index in [-0.39, 0.29) is 5.82 Å². The van der Waals surface area contributed by atoms with E-state index in [1.807, 2.05) is 0 Å². The molecule has 3 rings (SSSR count). The highest BCUT2D eigenvalue weighted by Gasteiger charge is 2.46. The van der Waals surface area contributed by atoms with Crippen molar-refractivity contribution in [1.82, 2.24) is 0 Å². The summed E-state index contributed by atoms with van der Waals surface area (Å²) in [5, 5.41) is 9.88. The summed E-state index contributed by atoms with van der Waals surface area (Å²) in [6.45, 7) is 0. The smallest absolute Gasteiger partial charge is 0.314 e. The normalized spacial score (nSPS) is 21.4. The first-order chi connectivity index (χ1) is 8.62. The van der Waals surface area contributed by atoms with Crippen LogP contribution in [0.4, 0.5) is 4.39 Å². The van der Waals surface area contributed by atoms with Gasteiger partial charge in [-0.15, -0.1) is 11.8 Å². The number of rotatable bonds is 4. The number of carbonyl (C=O) groups is 1. The molecular formula is C14H15FO2S. The Bertz CT molecular complexity index is 493. The Morgan fingerprint density at radius 1 is 1.39 bits per heavy atom. The van der Waals surface area contributed by atoms with Gasteiger partial charge in [0, 0.05) is 10.1 Å². The summed E-state index contributed by atoms with van der Waals surface area (Å²) >= 11 is 1.57. The van der Waals surface area contributed by atoms with Gasteiger partial charge in [-0.1, -0.05) is 12.5 Å². The number of halogens is 1. The molecule has 0 bridgehead atoms. The second-order valence-electron chi connectivity index (χ2n) is 5.20. The first kappa shape index (κ1) is 12.0. The molecule has 0 spiro atoms. The zero-order valence-electron chi connectivity index (χ0n) is 9.99. The van der Waals surface area contributed by atoms with Crippen molar-refractivity contribution in [1.29, 1.82) is 0 Å². The van der Waals surface area contributed by atoms with Gasteiger partial charge in [0.25, 0.3) is 0 Å². The van der Waals surface area contributed by atoms with Crippen LogP contribution in [-0.4, -0.2) is 16.3 Å². The van der Waals surface area contributed by atoms with Gasteiger partial charge in [0.1, 0.15) is 5.82 Å². The number of benzene rings is 1. The molecule has 0 heterocycles. The third-order valence-electron chi connectivity index (χ3n) is 3.92. The minimum atomic E-state index is -0.830. The maximum absolute atomic E-state index is 14.0. The van der Waals surface area contributed by atoms with Crippen LogP contribution in [0.25, 0.3) is 0 Å². The SMILES string of the molecule is O=C(O)C1(c2ccc(SC3CC3)c(F)c2)CCC1. The molecule has 2 saturated carbocycles. The molecule has 4 heteroatoms. The average Bonchev–Trinajstić information content (AvgIpc) is 3.03. The highest BCUT2D eigenvalue weighted by molar-refractivity contribution is 8.00. The summed E-state index contributed by atoms with van der Waals surface area (Å²) in [6, 6.07) is 4.97. The summed E-state index contributed by atoms with van der Waals surface area (Å²) in [5.74, 6) is -1.09. The van der Waals surface area contributed by atoms with Crippen LogP contribution >= 0.6 is 11.8 Å². The minimum absolute atomic E-state index is 0.267. The zero-order valence-corrected chi connectivity index (χ0v) is 10.8. The topological polar surface area (TPSA) is 37.3 Å². The predicted octanol–water partition coefficient (Wildman–Crippen LogP) is 3.59. The van der Waals surface area contributed by atoms with Gasteiger partial charge in [0.2, 0.25) is 0 Å². The number of carboxylic acid groups (broad SMARTS) is 1. The Hall–Kier alpha value is -1.03. The van der Waals surface area contributed by atoms with Crippen molar-refractivity contribution in [2.45, 2.75) is 47.7 Å². The number of thioether (sulfide) groups is 1. The van der Waals surface area contributed by atoms with Crippen molar-refractivity contribution in [3.05, 3.63) is 29.6 Å². The van der Waals surface area contributed by atoms with Crippen molar-refractivity contribution < 1.29 is 14.3 Å². The van der Waals surface area contributed by atoms with Gasteiger partial charge in [-0.25, -0.2) is 4.39 Å². The van der Waals surface area contributed by atoms with Crippen LogP contribution in [0.2, 0.25) is 0 Å². The second kappa shape index (κ2) is 4.26. The van der Waals surface area contributed by atoms with Crippen molar-refractivity contribution in [2.24, 2.45) is 0 Å². The number of aliphatic carboxylic acids is 1. The van der Waals surface area contributed by atoms with Gasteiger partial charge in [-0.3, -0.25) is 4.79 Å². The average molecular weight is 266 g/mol. The van der Waals surface area contributed by atoms with Crippen LogP contribution in [0.5, 0.6) is 0 Å². The molecule has 1 aromatic carbocycles. The summed E-state index contributed by atoms with van der Waals surface area (Å²) in [5.41, 5.74) is -0.206. The fourth-order valence-corrected chi connectivity index (χ4v) is 3.46. The van der Waals surface area contributed by atoms with E-state index in [0.717, 1.165) is 19.3 Å². The fourth-order valence-electron chi connectivity index (χ4n) is 2.42. The molecule has 2 aliphatic rings. The molecule has 2 fully saturated rings. The molecular weight excluding hydrogens is 251 g/mol. The molecule has 0 amide bonds. The molecule has 18 heavy (non-hydrogen) atoms. The van der Waals surface area contributed by atoms with Crippen LogP contribution in [0, 0.1) is 5.82 Å². The van der Waals surface area contributed by atoms with Crippen LogP contribution < -0.4 is 0 Å². The predicted molar refractivity (Wildman–Crippen MR) is 68.4 cm³/mol. The third kappa shape index (κ3) is 1.92. The highest BCUT2D eigenvalue weighted by Crippen LogP contribution is 2.46. The quantitative estimate of drug-likeness (QED) is 0.905. The molecule has 2 aliphatic carbocycles. The largest absolute Gasteiger partial charge is 0.481 e. The van der Waals surface area contributed by atoms with Gasteiger partial charge in [-0.05, 0) is 43.4 Å². The van der Waals surface area contributed by atoms with Crippen molar-refractivity contribution >= 4 is 17.7 Å². The number of carboxylic acids is 1. The van der Waals surface area contributed by atoms with Crippen molar-refractivity contribution in [3.8, 4) is 0 Å². The third-order valence-corrected chi connectivity index (χ3v) is 5.31. The molecule has 0 unspecified atom stereocenters. The molecule has 0 aliphatic heterocycles. The molecule has 0 saturated heterocycles. The Morgan fingerprint density at radius 3 is 2.56 bits per heavy atom. The van der Waals surface area contributed by atoms with Gasteiger partial charge < -0.3 is 5.11 Å². The Kier molecular flexibility index (Phi) is 2.85. The molecule has 0 aromatic heterocycles. The molecule has 2 nitrogen and oxygen atoms in total. The minimum Gasteiger partial charge on any atom is -0.481 e. The van der Waals surface area contributed by atoms with E-state index in [9.17, 15) is 14.3 Å². The van der Waals surface area contributed by atoms with E-state index >= 15 is 0 Å². The number of hydrogen-bond donors (Lipinski definition) is 1. The molecule has 96 valence electrons. The Morgan fingerprint density at radius 2 is 2.11 bits per heavy atom. The van der Waals surface area contributed by atoms with E-state index in [4.69, 9.17) is 0 Å².